The fraction of sp³-hybridized carbons (Fsp3) is 0.400. The molecule has 0 radical (unpaired) electrons. The lowest BCUT2D eigenvalue weighted by Crippen LogP contribution is -2.40. The zero-order valence-electron chi connectivity index (χ0n) is 13.7. The highest BCUT2D eigenvalue weighted by atomic mass is 16.7. The fourth-order valence-electron chi connectivity index (χ4n) is 3.33. The third kappa shape index (κ3) is 3.14. The molecule has 0 unspecified atom stereocenters. The monoisotopic (exact) mass is 326 g/mol. The first-order valence-electron chi connectivity index (χ1n) is 8.66. The maximum atomic E-state index is 5.91. The summed E-state index contributed by atoms with van der Waals surface area (Å²) >= 11 is 0. The van der Waals surface area contributed by atoms with Gasteiger partial charge >= 0.3 is 0 Å². The van der Waals surface area contributed by atoms with E-state index in [0.29, 0.717) is 13.2 Å². The highest BCUT2D eigenvalue weighted by Crippen LogP contribution is 2.45. The predicted octanol–water partition coefficient (Wildman–Crippen LogP) is 4.58. The molecule has 0 N–H and O–H groups in total. The van der Waals surface area contributed by atoms with E-state index in [1.165, 1.54) is 19.3 Å². The molecule has 0 amide bonds. The Morgan fingerprint density at radius 2 is 1.04 bits per heavy atom. The lowest BCUT2D eigenvalue weighted by Gasteiger charge is -2.31. The quantitative estimate of drug-likeness (QED) is 0.710. The summed E-state index contributed by atoms with van der Waals surface area (Å²) < 4.78 is 22.4. The van der Waals surface area contributed by atoms with Gasteiger partial charge in [0.05, 0.1) is 0 Å². The predicted molar refractivity (Wildman–Crippen MR) is 90.9 cm³/mol. The average Bonchev–Trinajstić information content (AvgIpc) is 3.00. The van der Waals surface area contributed by atoms with Gasteiger partial charge in [-0.2, -0.15) is 0 Å². The maximum absolute atomic E-state index is 5.91. The van der Waals surface area contributed by atoms with Crippen molar-refractivity contribution in [1.29, 1.82) is 0 Å². The maximum Gasteiger partial charge on any atom is 0.251 e. The van der Waals surface area contributed by atoms with Crippen LogP contribution in [0.2, 0.25) is 0 Å². The molecule has 126 valence electrons. The molecule has 5 rings (SSSR count). The van der Waals surface area contributed by atoms with Crippen molar-refractivity contribution in [3.63, 3.8) is 0 Å². The molecule has 0 bridgehead atoms. The van der Waals surface area contributed by atoms with Crippen LogP contribution < -0.4 is 18.9 Å². The van der Waals surface area contributed by atoms with Crippen molar-refractivity contribution in [3.05, 3.63) is 48.5 Å². The second-order valence-corrected chi connectivity index (χ2v) is 6.27. The number of fused-ring (bicyclic) bond motifs is 2. The minimum absolute atomic E-state index is 0.318. The van der Waals surface area contributed by atoms with Gasteiger partial charge in [0.25, 0.3) is 5.79 Å². The van der Waals surface area contributed by atoms with Crippen molar-refractivity contribution in [1.82, 2.24) is 0 Å². The van der Waals surface area contributed by atoms with E-state index in [-0.39, 0.29) is 5.79 Å². The van der Waals surface area contributed by atoms with Crippen molar-refractivity contribution in [2.75, 3.05) is 13.2 Å². The normalized spacial score (nSPS) is 19.3. The molecule has 1 spiro atoms. The van der Waals surface area contributed by atoms with Gasteiger partial charge in [0.15, 0.2) is 23.0 Å². The van der Waals surface area contributed by atoms with E-state index in [9.17, 15) is 0 Å². The molecule has 2 aromatic rings. The lowest BCUT2D eigenvalue weighted by atomic mass is 9.94. The SMILES string of the molecule is c1ccc2c(c1)OC1(CCCCC1)O2.c1ccc2c(c1)OCCO2. The molecule has 2 aromatic carbocycles. The Hall–Kier alpha value is -2.36. The van der Waals surface area contributed by atoms with Gasteiger partial charge in [-0.15, -0.1) is 0 Å². The lowest BCUT2D eigenvalue weighted by molar-refractivity contribution is -0.105. The Labute approximate surface area is 142 Å². The van der Waals surface area contributed by atoms with Crippen molar-refractivity contribution in [2.24, 2.45) is 0 Å². The first kappa shape index (κ1) is 15.2. The standard InChI is InChI=1S/C12H14O2.C8H8O2/c1-4-8-12(9-5-1)13-10-6-2-3-7-11(10)14-12;1-2-4-8-7(3-1)9-5-6-10-8/h2-3,6-7H,1,4-5,8-9H2;1-4H,5-6H2. The highest BCUT2D eigenvalue weighted by molar-refractivity contribution is 5.43. The van der Waals surface area contributed by atoms with Gasteiger partial charge in [-0.3, -0.25) is 0 Å². The van der Waals surface area contributed by atoms with Gasteiger partial charge in [-0.05, 0) is 37.1 Å². The second-order valence-electron chi connectivity index (χ2n) is 6.27. The number of para-hydroxylation sites is 4. The van der Waals surface area contributed by atoms with Gasteiger partial charge in [0.2, 0.25) is 0 Å². The van der Waals surface area contributed by atoms with E-state index >= 15 is 0 Å². The molecule has 2 heterocycles. The summed E-state index contributed by atoms with van der Waals surface area (Å²) in [6.07, 6.45) is 5.80. The van der Waals surface area contributed by atoms with Crippen LogP contribution in [0, 0.1) is 0 Å². The Morgan fingerprint density at radius 3 is 1.54 bits per heavy atom. The number of hydrogen-bond donors (Lipinski definition) is 0. The molecule has 0 saturated heterocycles. The summed E-state index contributed by atoms with van der Waals surface area (Å²) in [5.74, 6) is 3.22. The van der Waals surface area contributed by atoms with E-state index in [0.717, 1.165) is 35.8 Å². The van der Waals surface area contributed by atoms with Crippen LogP contribution in [0.15, 0.2) is 48.5 Å². The third-order valence-electron chi connectivity index (χ3n) is 4.50. The summed E-state index contributed by atoms with van der Waals surface area (Å²) in [6.45, 7) is 1.33. The Morgan fingerprint density at radius 1 is 0.583 bits per heavy atom. The molecule has 1 fully saturated rings. The topological polar surface area (TPSA) is 36.9 Å². The number of rotatable bonds is 0. The van der Waals surface area contributed by atoms with E-state index < -0.39 is 0 Å². The Bertz CT molecular complexity index is 640. The van der Waals surface area contributed by atoms with Crippen molar-refractivity contribution in [2.45, 2.75) is 37.9 Å². The molecule has 24 heavy (non-hydrogen) atoms. The second kappa shape index (κ2) is 6.63. The molecule has 4 nitrogen and oxygen atoms in total. The van der Waals surface area contributed by atoms with Gasteiger partial charge in [-0.1, -0.05) is 30.7 Å². The van der Waals surface area contributed by atoms with E-state index in [1.54, 1.807) is 0 Å². The molecule has 4 heteroatoms. The first-order chi connectivity index (χ1) is 11.8. The van der Waals surface area contributed by atoms with Crippen LogP contribution in [-0.2, 0) is 0 Å². The first-order valence-corrected chi connectivity index (χ1v) is 8.66. The molecule has 0 aromatic heterocycles. The minimum Gasteiger partial charge on any atom is -0.486 e. The molecule has 1 aliphatic carbocycles. The van der Waals surface area contributed by atoms with Crippen LogP contribution in [0.3, 0.4) is 0 Å². The zero-order chi connectivity index (χ0) is 16.2. The molecule has 1 saturated carbocycles. The van der Waals surface area contributed by atoms with Crippen molar-refractivity contribution < 1.29 is 18.9 Å². The van der Waals surface area contributed by atoms with E-state index in [4.69, 9.17) is 18.9 Å². The Balaban J connectivity index is 0.000000129. The van der Waals surface area contributed by atoms with E-state index in [1.807, 2.05) is 48.5 Å². The summed E-state index contributed by atoms with van der Waals surface area (Å²) in [5.41, 5.74) is 0. The highest BCUT2D eigenvalue weighted by Gasteiger charge is 2.42. The number of ether oxygens (including phenoxy) is 4. The van der Waals surface area contributed by atoms with Crippen LogP contribution in [0.4, 0.5) is 0 Å². The largest absolute Gasteiger partial charge is 0.486 e. The number of benzene rings is 2. The zero-order valence-corrected chi connectivity index (χ0v) is 13.7. The van der Waals surface area contributed by atoms with Crippen LogP contribution in [0.5, 0.6) is 23.0 Å². The summed E-state index contributed by atoms with van der Waals surface area (Å²) in [4.78, 5) is 0. The smallest absolute Gasteiger partial charge is 0.251 e. The number of hydrogen-bond acceptors (Lipinski definition) is 4. The summed E-state index contributed by atoms with van der Waals surface area (Å²) in [7, 11) is 0. The van der Waals surface area contributed by atoms with Crippen molar-refractivity contribution >= 4 is 0 Å². The van der Waals surface area contributed by atoms with Crippen LogP contribution in [-0.4, -0.2) is 19.0 Å². The molecular weight excluding hydrogens is 304 g/mol. The summed E-state index contributed by atoms with van der Waals surface area (Å²) in [6, 6.07) is 15.6. The van der Waals surface area contributed by atoms with Gasteiger partial charge in [0.1, 0.15) is 13.2 Å². The van der Waals surface area contributed by atoms with Gasteiger partial charge < -0.3 is 18.9 Å². The Kier molecular flexibility index (Phi) is 4.20. The van der Waals surface area contributed by atoms with Gasteiger partial charge in [0, 0.05) is 12.8 Å². The van der Waals surface area contributed by atoms with Gasteiger partial charge in [-0.25, -0.2) is 0 Å². The summed E-state index contributed by atoms with van der Waals surface area (Å²) in [5, 5.41) is 0. The fourth-order valence-corrected chi connectivity index (χ4v) is 3.33. The molecule has 2 aliphatic heterocycles. The third-order valence-corrected chi connectivity index (χ3v) is 4.50. The average molecular weight is 326 g/mol. The molecule has 0 atom stereocenters. The van der Waals surface area contributed by atoms with E-state index in [2.05, 4.69) is 0 Å². The molecular formula is C20H22O4. The van der Waals surface area contributed by atoms with Crippen molar-refractivity contribution in [3.8, 4) is 23.0 Å². The van der Waals surface area contributed by atoms with Crippen LogP contribution >= 0.6 is 0 Å². The van der Waals surface area contributed by atoms with Crippen LogP contribution in [0.25, 0.3) is 0 Å². The molecule has 3 aliphatic rings. The minimum atomic E-state index is -0.318. The van der Waals surface area contributed by atoms with Crippen LogP contribution in [0.1, 0.15) is 32.1 Å².